The summed E-state index contributed by atoms with van der Waals surface area (Å²) in [4.78, 5) is 25.2. The molecular weight excluding hydrogens is 390 g/mol. The van der Waals surface area contributed by atoms with E-state index in [9.17, 15) is 4.79 Å². The fourth-order valence-electron chi connectivity index (χ4n) is 3.10. The van der Waals surface area contributed by atoms with Crippen LogP contribution in [-0.4, -0.2) is 34.1 Å². The lowest BCUT2D eigenvalue weighted by Crippen LogP contribution is -2.32. The smallest absolute Gasteiger partial charge is 0.319 e. The van der Waals surface area contributed by atoms with E-state index >= 15 is 0 Å². The normalized spacial score (nSPS) is 10.5. The van der Waals surface area contributed by atoms with Gasteiger partial charge in [0.2, 0.25) is 0 Å². The Hall–Kier alpha value is -4.20. The number of benzene rings is 2. The average molecular weight is 413 g/mol. The minimum absolute atomic E-state index is 0.256. The van der Waals surface area contributed by atoms with Gasteiger partial charge in [-0.15, -0.1) is 0 Å². The van der Waals surface area contributed by atoms with Gasteiger partial charge < -0.3 is 21.3 Å². The number of urea groups is 1. The van der Waals surface area contributed by atoms with Crippen molar-refractivity contribution < 1.29 is 4.79 Å². The summed E-state index contributed by atoms with van der Waals surface area (Å²) in [5.74, 6) is 2.65. The molecule has 0 radical (unpaired) electrons. The van der Waals surface area contributed by atoms with Crippen LogP contribution in [0.25, 0.3) is 10.8 Å². The molecule has 0 aliphatic heterocycles. The summed E-state index contributed by atoms with van der Waals surface area (Å²) in [6.45, 7) is 2.78. The highest BCUT2D eigenvalue weighted by atomic mass is 16.2. The molecule has 31 heavy (non-hydrogen) atoms. The van der Waals surface area contributed by atoms with Crippen molar-refractivity contribution in [3.8, 4) is 0 Å². The third-order valence-corrected chi connectivity index (χ3v) is 4.48. The Balaban J connectivity index is 1.26. The molecule has 0 atom stereocenters. The molecule has 4 rings (SSSR count). The van der Waals surface area contributed by atoms with Crippen molar-refractivity contribution in [2.75, 3.05) is 29.0 Å². The van der Waals surface area contributed by atoms with Crippen molar-refractivity contribution in [1.29, 1.82) is 0 Å². The van der Waals surface area contributed by atoms with Crippen LogP contribution in [0.3, 0.4) is 0 Å². The van der Waals surface area contributed by atoms with E-state index < -0.39 is 0 Å². The maximum absolute atomic E-state index is 12.2. The van der Waals surface area contributed by atoms with Crippen molar-refractivity contribution in [3.05, 3.63) is 78.8 Å². The van der Waals surface area contributed by atoms with Gasteiger partial charge in [0.1, 0.15) is 23.3 Å². The molecule has 0 aliphatic rings. The van der Waals surface area contributed by atoms with Gasteiger partial charge in [-0.25, -0.2) is 19.7 Å². The van der Waals surface area contributed by atoms with Gasteiger partial charge in [-0.2, -0.15) is 0 Å². The van der Waals surface area contributed by atoms with Crippen LogP contribution in [0, 0.1) is 6.92 Å². The Kier molecular flexibility index (Phi) is 6.18. The number of rotatable bonds is 7. The summed E-state index contributed by atoms with van der Waals surface area (Å²) < 4.78 is 0. The van der Waals surface area contributed by atoms with Crippen molar-refractivity contribution in [3.63, 3.8) is 0 Å². The Morgan fingerprint density at radius 1 is 0.839 bits per heavy atom. The number of aromatic nitrogens is 3. The largest absolute Gasteiger partial charge is 0.368 e. The quantitative estimate of drug-likeness (QED) is 0.337. The molecule has 0 aliphatic carbocycles. The van der Waals surface area contributed by atoms with Crippen LogP contribution in [0.1, 0.15) is 5.82 Å². The zero-order chi connectivity index (χ0) is 21.5. The molecule has 2 aromatic heterocycles. The minimum atomic E-state index is -0.256. The topological polar surface area (TPSA) is 104 Å². The zero-order valence-electron chi connectivity index (χ0n) is 17.1. The van der Waals surface area contributed by atoms with Crippen LogP contribution in [0.15, 0.2) is 72.9 Å². The molecule has 4 aromatic rings. The van der Waals surface area contributed by atoms with Crippen LogP contribution >= 0.6 is 0 Å². The lowest BCUT2D eigenvalue weighted by molar-refractivity contribution is 0.252. The van der Waals surface area contributed by atoms with E-state index in [0.29, 0.717) is 36.4 Å². The highest BCUT2D eigenvalue weighted by Crippen LogP contribution is 2.19. The third kappa shape index (κ3) is 5.66. The molecule has 0 saturated carbocycles. The summed E-state index contributed by atoms with van der Waals surface area (Å²) >= 11 is 0. The van der Waals surface area contributed by atoms with Gasteiger partial charge in [0.05, 0.1) is 0 Å². The molecule has 0 saturated heterocycles. The summed E-state index contributed by atoms with van der Waals surface area (Å²) in [5.41, 5.74) is 0.751. The second-order valence-electron chi connectivity index (χ2n) is 6.90. The predicted octanol–water partition coefficient (Wildman–Crippen LogP) is 4.31. The Bertz CT molecular complexity index is 1180. The lowest BCUT2D eigenvalue weighted by Gasteiger charge is -2.11. The van der Waals surface area contributed by atoms with Gasteiger partial charge in [0.15, 0.2) is 0 Å². The summed E-state index contributed by atoms with van der Waals surface area (Å²) in [7, 11) is 0. The summed E-state index contributed by atoms with van der Waals surface area (Å²) in [5, 5.41) is 14.3. The Morgan fingerprint density at radius 3 is 2.48 bits per heavy atom. The van der Waals surface area contributed by atoms with Crippen LogP contribution in [0.2, 0.25) is 0 Å². The summed E-state index contributed by atoms with van der Waals surface area (Å²) in [6.07, 6.45) is 1.71. The van der Waals surface area contributed by atoms with Crippen LogP contribution in [0.4, 0.5) is 27.9 Å². The van der Waals surface area contributed by atoms with E-state index in [2.05, 4.69) is 36.2 Å². The lowest BCUT2D eigenvalue weighted by atomic mass is 10.1. The molecular formula is C23H23N7O. The maximum atomic E-state index is 12.2. The van der Waals surface area contributed by atoms with Gasteiger partial charge >= 0.3 is 6.03 Å². The number of aryl methyl sites for hydroxylation is 1. The molecule has 2 aromatic carbocycles. The van der Waals surface area contributed by atoms with Crippen molar-refractivity contribution in [2.45, 2.75) is 6.92 Å². The second-order valence-corrected chi connectivity index (χ2v) is 6.90. The average Bonchev–Trinajstić information content (AvgIpc) is 2.77. The standard InChI is InChI=1S/C23H23N7O/c1-16-27-21(15-22(28-16)30-20-8-4-5-11-24-20)25-12-13-26-23(31)29-19-10-9-17-6-2-3-7-18(17)14-19/h2-11,14-15H,12-13H2,1H3,(H2,26,29,31)(H2,24,25,27,28,30). The van der Waals surface area contributed by atoms with E-state index in [1.807, 2.05) is 67.6 Å². The Morgan fingerprint density at radius 2 is 1.65 bits per heavy atom. The second kappa shape index (κ2) is 9.53. The van der Waals surface area contributed by atoms with Crippen LogP contribution in [-0.2, 0) is 0 Å². The van der Waals surface area contributed by atoms with E-state index in [4.69, 9.17) is 0 Å². The van der Waals surface area contributed by atoms with Gasteiger partial charge in [-0.3, -0.25) is 0 Å². The van der Waals surface area contributed by atoms with Crippen molar-refractivity contribution in [1.82, 2.24) is 20.3 Å². The molecule has 4 N–H and O–H groups in total. The molecule has 156 valence electrons. The molecule has 2 heterocycles. The molecule has 8 nitrogen and oxygen atoms in total. The predicted molar refractivity (Wildman–Crippen MR) is 124 cm³/mol. The van der Waals surface area contributed by atoms with E-state index in [-0.39, 0.29) is 6.03 Å². The number of nitrogens with zero attached hydrogens (tertiary/aromatic N) is 3. The first kappa shape index (κ1) is 20.1. The van der Waals surface area contributed by atoms with Crippen molar-refractivity contribution >= 4 is 39.9 Å². The number of fused-ring (bicyclic) bond motifs is 1. The third-order valence-electron chi connectivity index (χ3n) is 4.48. The van der Waals surface area contributed by atoms with Gasteiger partial charge in [-0.1, -0.05) is 36.4 Å². The molecule has 0 fully saturated rings. The SMILES string of the molecule is Cc1nc(NCCNC(=O)Nc2ccc3ccccc3c2)cc(Nc2ccccn2)n1. The Labute approximate surface area is 180 Å². The number of amides is 2. The number of hydrogen-bond acceptors (Lipinski definition) is 6. The van der Waals surface area contributed by atoms with Gasteiger partial charge in [0.25, 0.3) is 0 Å². The van der Waals surface area contributed by atoms with E-state index in [1.165, 1.54) is 0 Å². The van der Waals surface area contributed by atoms with Gasteiger partial charge in [-0.05, 0) is 42.0 Å². The number of carbonyl (C=O) groups is 1. The monoisotopic (exact) mass is 413 g/mol. The number of nitrogens with one attached hydrogen (secondary N) is 4. The highest BCUT2D eigenvalue weighted by Gasteiger charge is 2.05. The van der Waals surface area contributed by atoms with Crippen LogP contribution < -0.4 is 21.3 Å². The summed E-state index contributed by atoms with van der Waals surface area (Å²) in [6, 6.07) is 21.0. The van der Waals surface area contributed by atoms with E-state index in [0.717, 1.165) is 16.5 Å². The number of hydrogen-bond donors (Lipinski definition) is 4. The zero-order valence-corrected chi connectivity index (χ0v) is 17.1. The highest BCUT2D eigenvalue weighted by molar-refractivity contribution is 5.93. The maximum Gasteiger partial charge on any atom is 0.319 e. The molecule has 0 bridgehead atoms. The van der Waals surface area contributed by atoms with Crippen LogP contribution in [0.5, 0.6) is 0 Å². The van der Waals surface area contributed by atoms with Gasteiger partial charge in [0, 0.05) is 31.0 Å². The number of pyridine rings is 1. The fourth-order valence-corrected chi connectivity index (χ4v) is 3.10. The number of anilines is 4. The number of carbonyl (C=O) groups excluding carboxylic acids is 1. The minimum Gasteiger partial charge on any atom is -0.368 e. The first-order valence-electron chi connectivity index (χ1n) is 9.97. The van der Waals surface area contributed by atoms with E-state index in [1.54, 1.807) is 12.3 Å². The molecule has 0 spiro atoms. The molecule has 8 heteroatoms. The fraction of sp³-hybridized carbons (Fsp3) is 0.130. The molecule has 2 amide bonds. The first-order chi connectivity index (χ1) is 15.2. The molecule has 0 unspecified atom stereocenters. The first-order valence-corrected chi connectivity index (χ1v) is 9.97. The van der Waals surface area contributed by atoms with Crippen molar-refractivity contribution in [2.24, 2.45) is 0 Å².